The van der Waals surface area contributed by atoms with E-state index in [1.807, 2.05) is 0 Å². The highest BCUT2D eigenvalue weighted by Crippen LogP contribution is 2.18. The van der Waals surface area contributed by atoms with E-state index in [1.165, 1.54) is 0 Å². The Kier molecular flexibility index (Phi) is 7.48. The van der Waals surface area contributed by atoms with Gasteiger partial charge in [0, 0.05) is 31.5 Å². The van der Waals surface area contributed by atoms with Gasteiger partial charge in [-0.2, -0.15) is 0 Å². The fourth-order valence-corrected chi connectivity index (χ4v) is 1.73. The van der Waals surface area contributed by atoms with Crippen molar-refractivity contribution in [3.8, 4) is 0 Å². The summed E-state index contributed by atoms with van der Waals surface area (Å²) < 4.78 is 0. The van der Waals surface area contributed by atoms with Crippen LogP contribution >= 0.6 is 0 Å². The Morgan fingerprint density at radius 1 is 1.05 bits per heavy atom. The summed E-state index contributed by atoms with van der Waals surface area (Å²) in [5.74, 6) is 0.186. The molecular formula is C14H27N3O2. The van der Waals surface area contributed by atoms with Crippen LogP contribution < -0.4 is 16.0 Å². The minimum atomic E-state index is 0.0770. The summed E-state index contributed by atoms with van der Waals surface area (Å²) in [5.41, 5.74) is 0. The second-order valence-electron chi connectivity index (χ2n) is 5.51. The van der Waals surface area contributed by atoms with Crippen molar-refractivity contribution >= 4 is 11.8 Å². The zero-order chi connectivity index (χ0) is 14.1. The van der Waals surface area contributed by atoms with Crippen molar-refractivity contribution in [1.82, 2.24) is 16.0 Å². The van der Waals surface area contributed by atoms with Gasteiger partial charge in [0.2, 0.25) is 11.8 Å². The van der Waals surface area contributed by atoms with Gasteiger partial charge in [-0.1, -0.05) is 13.8 Å². The summed E-state index contributed by atoms with van der Waals surface area (Å²) in [6, 6.07) is 0.892. The van der Waals surface area contributed by atoms with Crippen LogP contribution in [0.15, 0.2) is 0 Å². The van der Waals surface area contributed by atoms with Gasteiger partial charge < -0.3 is 16.0 Å². The fourth-order valence-electron chi connectivity index (χ4n) is 1.73. The van der Waals surface area contributed by atoms with E-state index in [0.29, 0.717) is 37.9 Å². The SMILES string of the molecule is CC(C)NCCCC(=O)NCCCC(=O)NC1CC1. The molecule has 3 N–H and O–H groups in total. The minimum Gasteiger partial charge on any atom is -0.356 e. The third-order valence-electron chi connectivity index (χ3n) is 2.98. The summed E-state index contributed by atoms with van der Waals surface area (Å²) in [7, 11) is 0. The predicted molar refractivity (Wildman–Crippen MR) is 75.8 cm³/mol. The first-order valence-electron chi connectivity index (χ1n) is 7.37. The molecule has 2 amide bonds. The third kappa shape index (κ3) is 9.47. The van der Waals surface area contributed by atoms with Crippen LogP contribution in [0.2, 0.25) is 0 Å². The summed E-state index contributed by atoms with van der Waals surface area (Å²) in [4.78, 5) is 22.9. The largest absolute Gasteiger partial charge is 0.356 e. The maximum absolute atomic E-state index is 11.5. The maximum atomic E-state index is 11.5. The van der Waals surface area contributed by atoms with Crippen molar-refractivity contribution in [3.05, 3.63) is 0 Å². The molecule has 0 bridgehead atoms. The zero-order valence-electron chi connectivity index (χ0n) is 12.1. The van der Waals surface area contributed by atoms with Crippen LogP contribution in [0.1, 0.15) is 52.4 Å². The molecule has 1 saturated carbocycles. The van der Waals surface area contributed by atoms with E-state index in [-0.39, 0.29) is 11.8 Å². The van der Waals surface area contributed by atoms with Gasteiger partial charge in [0.25, 0.3) is 0 Å². The number of hydrogen-bond donors (Lipinski definition) is 3. The standard InChI is InChI=1S/C14H27N3O2/c1-11(2)15-9-3-5-13(18)16-10-4-6-14(19)17-12-7-8-12/h11-12,15H,3-10H2,1-2H3,(H,16,18)(H,17,19). The number of hydrogen-bond acceptors (Lipinski definition) is 3. The topological polar surface area (TPSA) is 70.2 Å². The number of carbonyl (C=O) groups is 2. The van der Waals surface area contributed by atoms with E-state index >= 15 is 0 Å². The lowest BCUT2D eigenvalue weighted by atomic mass is 10.2. The number of nitrogens with one attached hydrogen (secondary N) is 3. The summed E-state index contributed by atoms with van der Waals surface area (Å²) in [5, 5.41) is 9.06. The first kappa shape index (κ1) is 16.0. The predicted octanol–water partition coefficient (Wildman–Crippen LogP) is 0.940. The van der Waals surface area contributed by atoms with E-state index in [2.05, 4.69) is 29.8 Å². The number of carbonyl (C=O) groups excluding carboxylic acids is 2. The Bertz CT molecular complexity index is 288. The highest BCUT2D eigenvalue weighted by Gasteiger charge is 2.22. The minimum absolute atomic E-state index is 0.0770. The van der Waals surface area contributed by atoms with E-state index in [9.17, 15) is 9.59 Å². The monoisotopic (exact) mass is 269 g/mol. The Balaban J connectivity index is 1.87. The molecule has 19 heavy (non-hydrogen) atoms. The van der Waals surface area contributed by atoms with Gasteiger partial charge in [0.05, 0.1) is 0 Å². The Hall–Kier alpha value is -1.10. The van der Waals surface area contributed by atoms with Crippen LogP contribution in [0.25, 0.3) is 0 Å². The molecule has 5 nitrogen and oxygen atoms in total. The lowest BCUT2D eigenvalue weighted by Gasteiger charge is -2.08. The van der Waals surface area contributed by atoms with Crippen LogP contribution in [0.3, 0.4) is 0 Å². The average molecular weight is 269 g/mol. The molecule has 0 aromatic rings. The Morgan fingerprint density at radius 2 is 1.68 bits per heavy atom. The van der Waals surface area contributed by atoms with Crippen molar-refractivity contribution in [2.45, 2.75) is 64.5 Å². The molecule has 0 aromatic carbocycles. The molecule has 0 aliphatic heterocycles. The highest BCUT2D eigenvalue weighted by atomic mass is 16.2. The smallest absolute Gasteiger partial charge is 0.220 e. The van der Waals surface area contributed by atoms with Crippen LogP contribution in [0, 0.1) is 0 Å². The van der Waals surface area contributed by atoms with Crippen LogP contribution in [-0.2, 0) is 9.59 Å². The second kappa shape index (κ2) is 8.91. The Morgan fingerprint density at radius 3 is 2.32 bits per heavy atom. The third-order valence-corrected chi connectivity index (χ3v) is 2.98. The summed E-state index contributed by atoms with van der Waals surface area (Å²) in [6.07, 6.45) is 4.86. The van der Waals surface area contributed by atoms with Gasteiger partial charge in [0.1, 0.15) is 0 Å². The van der Waals surface area contributed by atoms with Crippen molar-refractivity contribution < 1.29 is 9.59 Å². The maximum Gasteiger partial charge on any atom is 0.220 e. The zero-order valence-corrected chi connectivity index (χ0v) is 12.1. The molecule has 110 valence electrons. The number of amides is 2. The molecule has 0 spiro atoms. The molecule has 0 saturated heterocycles. The van der Waals surface area contributed by atoms with Gasteiger partial charge >= 0.3 is 0 Å². The van der Waals surface area contributed by atoms with Gasteiger partial charge in [-0.05, 0) is 32.2 Å². The van der Waals surface area contributed by atoms with Crippen molar-refractivity contribution in [2.24, 2.45) is 0 Å². The fraction of sp³-hybridized carbons (Fsp3) is 0.857. The molecule has 1 rings (SSSR count). The Labute approximate surface area is 115 Å². The van der Waals surface area contributed by atoms with E-state index in [1.54, 1.807) is 0 Å². The molecule has 0 radical (unpaired) electrons. The van der Waals surface area contributed by atoms with Gasteiger partial charge in [-0.25, -0.2) is 0 Å². The lowest BCUT2D eigenvalue weighted by molar-refractivity contribution is -0.123. The van der Waals surface area contributed by atoms with Crippen molar-refractivity contribution in [3.63, 3.8) is 0 Å². The lowest BCUT2D eigenvalue weighted by Crippen LogP contribution is -2.29. The van der Waals surface area contributed by atoms with Crippen LogP contribution in [0.5, 0.6) is 0 Å². The van der Waals surface area contributed by atoms with Crippen molar-refractivity contribution in [2.75, 3.05) is 13.1 Å². The molecule has 0 heterocycles. The van der Waals surface area contributed by atoms with E-state index in [4.69, 9.17) is 0 Å². The molecular weight excluding hydrogens is 242 g/mol. The molecule has 1 fully saturated rings. The first-order valence-corrected chi connectivity index (χ1v) is 7.37. The highest BCUT2D eigenvalue weighted by molar-refractivity contribution is 5.77. The van der Waals surface area contributed by atoms with Crippen molar-refractivity contribution in [1.29, 1.82) is 0 Å². The molecule has 1 aliphatic carbocycles. The summed E-state index contributed by atoms with van der Waals surface area (Å²) in [6.45, 7) is 5.64. The van der Waals surface area contributed by atoms with Gasteiger partial charge in [0.15, 0.2) is 0 Å². The van der Waals surface area contributed by atoms with Crippen LogP contribution in [0.4, 0.5) is 0 Å². The first-order chi connectivity index (χ1) is 9.08. The van der Waals surface area contributed by atoms with E-state index in [0.717, 1.165) is 25.8 Å². The second-order valence-corrected chi connectivity index (χ2v) is 5.51. The molecule has 5 heteroatoms. The molecule has 0 unspecified atom stereocenters. The van der Waals surface area contributed by atoms with E-state index < -0.39 is 0 Å². The number of rotatable bonds is 10. The quantitative estimate of drug-likeness (QED) is 0.517. The molecule has 0 atom stereocenters. The van der Waals surface area contributed by atoms with Crippen LogP contribution in [-0.4, -0.2) is 37.0 Å². The molecule has 1 aliphatic rings. The normalized spacial score (nSPS) is 14.5. The summed E-state index contributed by atoms with van der Waals surface area (Å²) >= 11 is 0. The molecule has 0 aromatic heterocycles. The van der Waals surface area contributed by atoms with Gasteiger partial charge in [-0.15, -0.1) is 0 Å². The average Bonchev–Trinajstić information content (AvgIpc) is 3.14. The van der Waals surface area contributed by atoms with Gasteiger partial charge in [-0.3, -0.25) is 9.59 Å².